The molecule has 0 radical (unpaired) electrons. The Morgan fingerprint density at radius 2 is 2.08 bits per heavy atom. The van der Waals surface area contributed by atoms with Gasteiger partial charge in [-0.15, -0.1) is 11.3 Å². The fourth-order valence-electron chi connectivity index (χ4n) is 3.19. The Hall–Kier alpha value is -2.60. The van der Waals surface area contributed by atoms with Gasteiger partial charge in [-0.3, -0.25) is 9.59 Å². The number of ketones is 1. The van der Waals surface area contributed by atoms with Crippen LogP contribution in [0.5, 0.6) is 5.75 Å². The second-order valence-corrected chi connectivity index (χ2v) is 6.92. The number of thiophene rings is 1. The minimum atomic E-state index is -0.613. The van der Waals surface area contributed by atoms with Crippen molar-refractivity contribution in [3.05, 3.63) is 63.6 Å². The van der Waals surface area contributed by atoms with Gasteiger partial charge in [-0.2, -0.15) is 0 Å². The maximum atomic E-state index is 13.0. The Bertz CT molecular complexity index is 841. The lowest BCUT2D eigenvalue weighted by Gasteiger charge is -2.26. The van der Waals surface area contributed by atoms with Crippen LogP contribution in [0.25, 0.3) is 0 Å². The topological polar surface area (TPSA) is 66.8 Å². The first-order valence-corrected chi connectivity index (χ1v) is 9.51. The van der Waals surface area contributed by atoms with Crippen LogP contribution in [0.15, 0.2) is 53.1 Å². The summed E-state index contributed by atoms with van der Waals surface area (Å²) in [5, 5.41) is 12.3. The molecule has 1 aromatic heterocycles. The molecule has 1 aliphatic heterocycles. The molecule has 1 N–H and O–H groups in total. The van der Waals surface area contributed by atoms with Crippen LogP contribution in [0.2, 0.25) is 0 Å². The molecule has 1 atom stereocenters. The van der Waals surface area contributed by atoms with E-state index in [1.165, 1.54) is 11.3 Å². The van der Waals surface area contributed by atoms with E-state index in [9.17, 15) is 14.7 Å². The average Bonchev–Trinajstić information content (AvgIpc) is 3.25. The van der Waals surface area contributed by atoms with Crippen LogP contribution in [0.4, 0.5) is 0 Å². The van der Waals surface area contributed by atoms with Crippen LogP contribution >= 0.6 is 11.3 Å². The minimum Gasteiger partial charge on any atom is -0.503 e. The number of Topliss-reactive ketones (excluding diaryl/α,β-unsaturated/α-hetero) is 1. The van der Waals surface area contributed by atoms with Crippen LogP contribution in [0.1, 0.15) is 41.5 Å². The van der Waals surface area contributed by atoms with Gasteiger partial charge in [-0.05, 0) is 42.5 Å². The second-order valence-electron chi connectivity index (χ2n) is 5.98. The molecule has 6 heteroatoms. The molecule has 0 aliphatic carbocycles. The van der Waals surface area contributed by atoms with E-state index in [0.29, 0.717) is 23.8 Å². The lowest BCUT2D eigenvalue weighted by molar-refractivity contribution is -0.129. The lowest BCUT2D eigenvalue weighted by atomic mass is 9.95. The largest absolute Gasteiger partial charge is 0.503 e. The molecule has 0 saturated heterocycles. The van der Waals surface area contributed by atoms with E-state index >= 15 is 0 Å². The molecular formula is C20H21NO4S. The van der Waals surface area contributed by atoms with Gasteiger partial charge < -0.3 is 14.7 Å². The summed E-state index contributed by atoms with van der Waals surface area (Å²) >= 11 is 1.29. The van der Waals surface area contributed by atoms with Gasteiger partial charge in [0.15, 0.2) is 5.76 Å². The van der Waals surface area contributed by atoms with Crippen molar-refractivity contribution in [1.29, 1.82) is 0 Å². The predicted molar refractivity (Wildman–Crippen MR) is 101 cm³/mol. The summed E-state index contributed by atoms with van der Waals surface area (Å²) in [6.45, 7) is 4.82. The highest BCUT2D eigenvalue weighted by atomic mass is 32.1. The molecule has 2 heterocycles. The molecule has 1 aliphatic rings. The number of benzene rings is 1. The number of carbonyl (C=O) groups excluding carboxylic acids is 2. The third kappa shape index (κ3) is 3.24. The number of aliphatic hydroxyl groups excluding tert-OH is 1. The fraction of sp³-hybridized carbons (Fsp3) is 0.300. The van der Waals surface area contributed by atoms with Crippen molar-refractivity contribution in [2.45, 2.75) is 26.3 Å². The Kier molecular flexibility index (Phi) is 5.42. The first-order chi connectivity index (χ1) is 12.6. The van der Waals surface area contributed by atoms with Gasteiger partial charge in [0.25, 0.3) is 5.91 Å². The van der Waals surface area contributed by atoms with E-state index in [-0.39, 0.29) is 11.4 Å². The van der Waals surface area contributed by atoms with Gasteiger partial charge in [0.05, 0.1) is 23.1 Å². The number of ether oxygens (including phenoxy) is 1. The highest BCUT2D eigenvalue weighted by Gasteiger charge is 2.43. The quantitative estimate of drug-likeness (QED) is 0.743. The van der Waals surface area contributed by atoms with Crippen molar-refractivity contribution < 1.29 is 19.4 Å². The van der Waals surface area contributed by atoms with Crippen LogP contribution in [-0.2, 0) is 4.79 Å². The SMILES string of the molecule is CCCN1C(=O)C(O)=C(C(=O)c2cccs2)C1c1cccc(OCC)c1. The van der Waals surface area contributed by atoms with Gasteiger partial charge >= 0.3 is 0 Å². The number of aliphatic hydroxyl groups is 1. The normalized spacial score (nSPS) is 17.1. The molecule has 5 nitrogen and oxygen atoms in total. The molecule has 0 spiro atoms. The Balaban J connectivity index is 2.08. The first kappa shape index (κ1) is 18.2. The highest BCUT2D eigenvalue weighted by molar-refractivity contribution is 7.12. The second kappa shape index (κ2) is 7.74. The summed E-state index contributed by atoms with van der Waals surface area (Å²) in [7, 11) is 0. The Morgan fingerprint density at radius 1 is 1.27 bits per heavy atom. The summed E-state index contributed by atoms with van der Waals surface area (Å²) in [4.78, 5) is 27.7. The third-order valence-corrected chi connectivity index (χ3v) is 5.11. The van der Waals surface area contributed by atoms with Crippen molar-refractivity contribution in [3.8, 4) is 5.75 Å². The van der Waals surface area contributed by atoms with Gasteiger partial charge in [-0.1, -0.05) is 25.1 Å². The van der Waals surface area contributed by atoms with E-state index < -0.39 is 17.7 Å². The van der Waals surface area contributed by atoms with E-state index in [2.05, 4.69) is 0 Å². The van der Waals surface area contributed by atoms with E-state index in [4.69, 9.17) is 4.74 Å². The van der Waals surface area contributed by atoms with Gasteiger partial charge in [0.2, 0.25) is 5.78 Å². The summed E-state index contributed by atoms with van der Waals surface area (Å²) in [5.41, 5.74) is 0.890. The summed E-state index contributed by atoms with van der Waals surface area (Å²) in [6, 6.07) is 10.2. The number of nitrogens with zero attached hydrogens (tertiary/aromatic N) is 1. The minimum absolute atomic E-state index is 0.138. The third-order valence-electron chi connectivity index (χ3n) is 4.24. The smallest absolute Gasteiger partial charge is 0.290 e. The van der Waals surface area contributed by atoms with Gasteiger partial charge in [0, 0.05) is 6.54 Å². The van der Waals surface area contributed by atoms with Crippen LogP contribution in [0, 0.1) is 0 Å². The molecule has 1 amide bonds. The molecule has 26 heavy (non-hydrogen) atoms. The van der Waals surface area contributed by atoms with Crippen LogP contribution in [-0.4, -0.2) is 34.8 Å². The summed E-state index contributed by atoms with van der Waals surface area (Å²) in [5.74, 6) is -0.596. The number of hydrogen-bond donors (Lipinski definition) is 1. The zero-order valence-corrected chi connectivity index (χ0v) is 15.6. The molecule has 2 aromatic rings. The number of rotatable bonds is 7. The fourth-order valence-corrected chi connectivity index (χ4v) is 3.86. The zero-order valence-electron chi connectivity index (χ0n) is 14.8. The van der Waals surface area contributed by atoms with E-state index in [1.54, 1.807) is 22.4 Å². The van der Waals surface area contributed by atoms with E-state index in [1.807, 2.05) is 38.1 Å². The number of carbonyl (C=O) groups is 2. The Labute approximate surface area is 156 Å². The molecule has 136 valence electrons. The van der Waals surface area contributed by atoms with Gasteiger partial charge in [0.1, 0.15) is 5.75 Å². The summed E-state index contributed by atoms with van der Waals surface area (Å²) < 4.78 is 5.56. The molecule has 0 fully saturated rings. The monoisotopic (exact) mass is 371 g/mol. The van der Waals surface area contributed by atoms with E-state index in [0.717, 1.165) is 12.0 Å². The maximum Gasteiger partial charge on any atom is 0.290 e. The number of hydrogen-bond acceptors (Lipinski definition) is 5. The molecule has 3 rings (SSSR count). The van der Waals surface area contributed by atoms with Crippen molar-refractivity contribution in [2.24, 2.45) is 0 Å². The molecule has 0 saturated carbocycles. The van der Waals surface area contributed by atoms with Crippen LogP contribution < -0.4 is 4.74 Å². The number of amides is 1. The lowest BCUT2D eigenvalue weighted by Crippen LogP contribution is -2.31. The first-order valence-electron chi connectivity index (χ1n) is 8.63. The van der Waals surface area contributed by atoms with Crippen molar-refractivity contribution in [2.75, 3.05) is 13.2 Å². The Morgan fingerprint density at radius 3 is 2.73 bits per heavy atom. The average molecular weight is 371 g/mol. The maximum absolute atomic E-state index is 13.0. The van der Waals surface area contributed by atoms with Crippen molar-refractivity contribution in [1.82, 2.24) is 4.90 Å². The van der Waals surface area contributed by atoms with Crippen LogP contribution in [0.3, 0.4) is 0 Å². The predicted octanol–water partition coefficient (Wildman–Crippen LogP) is 4.14. The van der Waals surface area contributed by atoms with Crippen molar-refractivity contribution in [3.63, 3.8) is 0 Å². The van der Waals surface area contributed by atoms with Crippen molar-refractivity contribution >= 4 is 23.0 Å². The molecule has 1 unspecified atom stereocenters. The highest BCUT2D eigenvalue weighted by Crippen LogP contribution is 2.40. The molecule has 0 bridgehead atoms. The summed E-state index contributed by atoms with van der Waals surface area (Å²) in [6.07, 6.45) is 0.723. The standard InChI is InChI=1S/C20H21NO4S/c1-3-10-21-17(13-7-5-8-14(12-13)25-4-2)16(19(23)20(21)24)18(22)15-9-6-11-26-15/h5-9,11-12,17,23H,3-4,10H2,1-2H3. The molecule has 1 aromatic carbocycles. The zero-order chi connectivity index (χ0) is 18.7. The molecular weight excluding hydrogens is 350 g/mol. The van der Waals surface area contributed by atoms with Gasteiger partial charge in [-0.25, -0.2) is 0 Å².